The number of allylic oxidation sites excluding steroid dienone is 2. The molecule has 1 aromatic carbocycles. The van der Waals surface area contributed by atoms with Crippen LogP contribution in [0.25, 0.3) is 0 Å². The van der Waals surface area contributed by atoms with Gasteiger partial charge < -0.3 is 4.74 Å². The number of esters is 1. The number of unbranched alkanes of at least 4 members (excludes halogenated alkanes) is 2. The second kappa shape index (κ2) is 12.0. The van der Waals surface area contributed by atoms with Crippen LogP contribution in [0, 0.1) is 23.2 Å². The van der Waals surface area contributed by atoms with E-state index in [0.717, 1.165) is 51.4 Å². The molecule has 0 heterocycles. The molecule has 3 nitrogen and oxygen atoms in total. The number of halogens is 1. The smallest absolute Gasteiger partial charge is 0.309 e. The Kier molecular flexibility index (Phi) is 9.13. The van der Waals surface area contributed by atoms with Crippen LogP contribution in [-0.2, 0) is 16.0 Å². The van der Waals surface area contributed by atoms with Gasteiger partial charge in [0, 0.05) is 0 Å². The molecule has 31 heavy (non-hydrogen) atoms. The van der Waals surface area contributed by atoms with Gasteiger partial charge in [0.1, 0.15) is 12.2 Å². The van der Waals surface area contributed by atoms with Crippen molar-refractivity contribution >= 4 is 5.97 Å². The summed E-state index contributed by atoms with van der Waals surface area (Å²) in [4.78, 5) is 12.6. The Balaban J connectivity index is 1.39. The summed E-state index contributed by atoms with van der Waals surface area (Å²) in [6.45, 7) is 2.24. The van der Waals surface area contributed by atoms with E-state index in [4.69, 9.17) is 10.00 Å². The summed E-state index contributed by atoms with van der Waals surface area (Å²) in [7, 11) is 0. The maximum Gasteiger partial charge on any atom is 0.309 e. The van der Waals surface area contributed by atoms with Crippen molar-refractivity contribution in [1.29, 1.82) is 5.26 Å². The monoisotopic (exact) mass is 425 g/mol. The number of rotatable bonds is 8. The van der Waals surface area contributed by atoms with Gasteiger partial charge in [0.15, 0.2) is 5.83 Å². The second-order valence-corrected chi connectivity index (χ2v) is 9.35. The van der Waals surface area contributed by atoms with Crippen LogP contribution in [0.5, 0.6) is 0 Å². The normalized spacial score (nSPS) is 26.8. The lowest BCUT2D eigenvalue weighted by Crippen LogP contribution is -2.29. The van der Waals surface area contributed by atoms with E-state index >= 15 is 0 Å². The first-order chi connectivity index (χ1) is 15.1. The first-order valence-electron chi connectivity index (χ1n) is 12.2. The Morgan fingerprint density at radius 2 is 1.74 bits per heavy atom. The van der Waals surface area contributed by atoms with Crippen LogP contribution in [0.15, 0.2) is 36.2 Å². The number of carbonyl (C=O) groups excluding carboxylic acids is 1. The molecule has 2 aliphatic carbocycles. The number of hydrogen-bond donors (Lipinski definition) is 0. The van der Waals surface area contributed by atoms with E-state index in [0.29, 0.717) is 5.92 Å². The molecule has 0 aliphatic heterocycles. The molecule has 0 radical (unpaired) electrons. The van der Waals surface area contributed by atoms with E-state index in [1.54, 1.807) is 0 Å². The molecule has 4 heteroatoms. The number of nitrogens with zero attached hydrogens (tertiary/aromatic N) is 1. The molecule has 0 N–H and O–H groups in total. The van der Waals surface area contributed by atoms with Gasteiger partial charge in [0.05, 0.1) is 5.92 Å². The minimum absolute atomic E-state index is 0.0331. The molecule has 0 bridgehead atoms. The van der Waals surface area contributed by atoms with Gasteiger partial charge in [-0.05, 0) is 93.2 Å². The summed E-state index contributed by atoms with van der Waals surface area (Å²) in [6, 6.07) is 10.7. The molecule has 0 spiro atoms. The molecule has 0 saturated heterocycles. The summed E-state index contributed by atoms with van der Waals surface area (Å²) in [6.07, 6.45) is 13.4. The van der Waals surface area contributed by atoms with Crippen molar-refractivity contribution in [2.75, 3.05) is 0 Å². The van der Waals surface area contributed by atoms with Crippen molar-refractivity contribution in [1.82, 2.24) is 0 Å². The van der Waals surface area contributed by atoms with Crippen LogP contribution in [0.4, 0.5) is 4.39 Å². The predicted molar refractivity (Wildman–Crippen MR) is 121 cm³/mol. The van der Waals surface area contributed by atoms with Gasteiger partial charge in [-0.3, -0.25) is 4.79 Å². The van der Waals surface area contributed by atoms with E-state index in [9.17, 15) is 9.18 Å². The topological polar surface area (TPSA) is 50.1 Å². The zero-order chi connectivity index (χ0) is 22.1. The van der Waals surface area contributed by atoms with Crippen LogP contribution in [0.1, 0.15) is 94.6 Å². The van der Waals surface area contributed by atoms with Crippen molar-refractivity contribution in [3.8, 4) is 6.07 Å². The maximum absolute atomic E-state index is 13.1. The van der Waals surface area contributed by atoms with Gasteiger partial charge in [-0.2, -0.15) is 9.65 Å². The summed E-state index contributed by atoms with van der Waals surface area (Å²) in [5.74, 6) is -0.237. The minimum atomic E-state index is -0.714. The molecule has 2 aliphatic rings. The molecule has 2 fully saturated rings. The number of carbonyl (C=O) groups is 1. The van der Waals surface area contributed by atoms with Crippen LogP contribution < -0.4 is 0 Å². The lowest BCUT2D eigenvalue weighted by Gasteiger charge is -2.31. The van der Waals surface area contributed by atoms with Gasteiger partial charge in [0.2, 0.25) is 0 Å². The standard InChI is InChI=1S/C27H36FNO2/c1-2-3-4-5-20-6-10-22(11-7-20)23-14-16-26(17-15-23)31-27(30)24-12-8-21(9-13-24)18-25(28)19-29/h6-7,10-11,18,21,23-24,26H,2-5,8-9,12-17H2,1H3/b25-18+. The van der Waals surface area contributed by atoms with Gasteiger partial charge in [-0.25, -0.2) is 0 Å². The highest BCUT2D eigenvalue weighted by atomic mass is 19.1. The van der Waals surface area contributed by atoms with E-state index in [1.807, 2.05) is 0 Å². The highest BCUT2D eigenvalue weighted by Gasteiger charge is 2.30. The highest BCUT2D eigenvalue weighted by molar-refractivity contribution is 5.72. The first kappa shape index (κ1) is 23.5. The fraction of sp³-hybridized carbons (Fsp3) is 0.630. The molecule has 1 aromatic rings. The van der Waals surface area contributed by atoms with E-state index in [2.05, 4.69) is 31.2 Å². The second-order valence-electron chi connectivity index (χ2n) is 9.35. The van der Waals surface area contributed by atoms with Gasteiger partial charge in [-0.1, -0.05) is 44.0 Å². The number of nitriles is 1. The number of aryl methyl sites for hydroxylation is 1. The third-order valence-corrected chi connectivity index (χ3v) is 7.07. The van der Waals surface area contributed by atoms with Crippen LogP contribution in [-0.4, -0.2) is 12.1 Å². The molecule has 3 rings (SSSR count). The fourth-order valence-electron chi connectivity index (χ4n) is 5.08. The van der Waals surface area contributed by atoms with Gasteiger partial charge >= 0.3 is 5.97 Å². The Labute approximate surface area is 186 Å². The summed E-state index contributed by atoms with van der Waals surface area (Å²) in [5, 5.41) is 8.56. The third kappa shape index (κ3) is 7.20. The zero-order valence-electron chi connectivity index (χ0n) is 18.8. The summed E-state index contributed by atoms with van der Waals surface area (Å²) >= 11 is 0. The summed E-state index contributed by atoms with van der Waals surface area (Å²) in [5.41, 5.74) is 2.85. The van der Waals surface area contributed by atoms with Crippen molar-refractivity contribution < 1.29 is 13.9 Å². The molecular formula is C27H36FNO2. The van der Waals surface area contributed by atoms with Crippen LogP contribution in [0.2, 0.25) is 0 Å². The van der Waals surface area contributed by atoms with Crippen molar-refractivity contribution in [2.24, 2.45) is 11.8 Å². The summed E-state index contributed by atoms with van der Waals surface area (Å²) < 4.78 is 19.0. The van der Waals surface area contributed by atoms with Crippen LogP contribution >= 0.6 is 0 Å². The Morgan fingerprint density at radius 1 is 1.06 bits per heavy atom. The maximum atomic E-state index is 13.1. The van der Waals surface area contributed by atoms with Crippen LogP contribution in [0.3, 0.4) is 0 Å². The lowest BCUT2D eigenvalue weighted by atomic mass is 9.81. The molecule has 0 aromatic heterocycles. The molecule has 0 atom stereocenters. The van der Waals surface area contributed by atoms with Gasteiger partial charge in [0.25, 0.3) is 0 Å². The largest absolute Gasteiger partial charge is 0.462 e. The Morgan fingerprint density at radius 3 is 2.35 bits per heavy atom. The SMILES string of the molecule is CCCCCc1ccc(C2CCC(OC(=O)C3CCC(/C=C(/F)C#N)CC3)CC2)cc1. The minimum Gasteiger partial charge on any atom is -0.462 e. The average molecular weight is 426 g/mol. The highest BCUT2D eigenvalue weighted by Crippen LogP contribution is 2.36. The van der Waals surface area contributed by atoms with Crippen molar-refractivity contribution in [2.45, 2.75) is 96.0 Å². The Hall–Kier alpha value is -2.15. The molecule has 0 unspecified atom stereocenters. The molecule has 0 amide bonds. The van der Waals surface area contributed by atoms with E-state index in [-0.39, 0.29) is 23.9 Å². The fourth-order valence-corrected chi connectivity index (χ4v) is 5.08. The quantitative estimate of drug-likeness (QED) is 0.252. The lowest BCUT2D eigenvalue weighted by molar-refractivity contribution is -0.157. The number of ether oxygens (including phenoxy) is 1. The van der Waals surface area contributed by atoms with Crippen molar-refractivity contribution in [3.63, 3.8) is 0 Å². The van der Waals surface area contributed by atoms with E-state index < -0.39 is 5.83 Å². The number of benzene rings is 1. The third-order valence-electron chi connectivity index (χ3n) is 7.07. The zero-order valence-corrected chi connectivity index (χ0v) is 18.8. The molecular weight excluding hydrogens is 389 g/mol. The molecule has 2 saturated carbocycles. The Bertz CT molecular complexity index is 763. The van der Waals surface area contributed by atoms with E-state index in [1.165, 1.54) is 49.0 Å². The predicted octanol–water partition coefficient (Wildman–Crippen LogP) is 7.17. The van der Waals surface area contributed by atoms with Crippen molar-refractivity contribution in [3.05, 3.63) is 47.3 Å². The number of hydrogen-bond acceptors (Lipinski definition) is 3. The molecule has 168 valence electrons. The first-order valence-corrected chi connectivity index (χ1v) is 12.2. The van der Waals surface area contributed by atoms with Gasteiger partial charge in [-0.15, -0.1) is 0 Å². The average Bonchev–Trinajstić information content (AvgIpc) is 2.80.